The Bertz CT molecular complexity index is 514. The van der Waals surface area contributed by atoms with Crippen LogP contribution in [0.2, 0.25) is 0 Å². The Morgan fingerprint density at radius 3 is 2.62 bits per heavy atom. The van der Waals surface area contributed by atoms with Gasteiger partial charge in [-0.2, -0.15) is 13.2 Å². The Hall–Kier alpha value is -1.27. The summed E-state index contributed by atoms with van der Waals surface area (Å²) in [4.78, 5) is 1.99. The average Bonchev–Trinajstić information content (AvgIpc) is 2.27. The van der Waals surface area contributed by atoms with Crippen molar-refractivity contribution >= 4 is 5.69 Å². The van der Waals surface area contributed by atoms with Gasteiger partial charge >= 0.3 is 6.18 Å². The van der Waals surface area contributed by atoms with Gasteiger partial charge in [-0.1, -0.05) is 6.07 Å². The van der Waals surface area contributed by atoms with Crippen molar-refractivity contribution in [2.24, 2.45) is 0 Å². The summed E-state index contributed by atoms with van der Waals surface area (Å²) in [5.41, 5.74) is 4.86. The summed E-state index contributed by atoms with van der Waals surface area (Å²) < 4.78 is 45.1. The summed E-state index contributed by atoms with van der Waals surface area (Å²) in [6.45, 7) is 7.28. The molecular weight excluding hydrogens is 281 g/mol. The Kier molecular flexibility index (Phi) is 4.22. The highest BCUT2D eigenvalue weighted by Gasteiger charge is 2.36. The number of nitrogens with two attached hydrogens (primary N) is 1. The van der Waals surface area contributed by atoms with Crippen LogP contribution in [-0.4, -0.2) is 29.7 Å². The van der Waals surface area contributed by atoms with Crippen molar-refractivity contribution in [3.63, 3.8) is 0 Å². The molecule has 6 heteroatoms. The largest absolute Gasteiger partial charge is 0.416 e. The van der Waals surface area contributed by atoms with Crippen LogP contribution in [0.4, 0.5) is 18.9 Å². The number of anilines is 1. The van der Waals surface area contributed by atoms with Gasteiger partial charge in [-0.25, -0.2) is 0 Å². The number of nitrogens with zero attached hydrogens (tertiary/aromatic N) is 1. The van der Waals surface area contributed by atoms with Crippen molar-refractivity contribution < 1.29 is 17.9 Å². The number of rotatable bonds is 2. The van der Waals surface area contributed by atoms with E-state index in [2.05, 4.69) is 0 Å². The molecule has 0 radical (unpaired) electrons. The molecule has 0 aromatic heterocycles. The van der Waals surface area contributed by atoms with E-state index in [9.17, 15) is 13.2 Å². The topological polar surface area (TPSA) is 38.5 Å². The lowest BCUT2D eigenvalue weighted by molar-refractivity contribution is -0.140. The number of ether oxygens (including phenoxy) is 1. The van der Waals surface area contributed by atoms with Crippen LogP contribution in [0.3, 0.4) is 0 Å². The Balaban J connectivity index is 2.23. The smallest absolute Gasteiger partial charge is 0.399 e. The second-order valence-corrected chi connectivity index (χ2v) is 6.27. The van der Waals surface area contributed by atoms with E-state index in [-0.39, 0.29) is 29.5 Å². The quantitative estimate of drug-likeness (QED) is 0.852. The number of halogens is 3. The minimum absolute atomic E-state index is 0.00290. The molecule has 21 heavy (non-hydrogen) atoms. The number of morpholine rings is 1. The molecule has 0 aliphatic carbocycles. The van der Waals surface area contributed by atoms with E-state index in [1.54, 1.807) is 0 Å². The Morgan fingerprint density at radius 1 is 1.38 bits per heavy atom. The fourth-order valence-corrected chi connectivity index (χ4v) is 2.94. The third-order valence-corrected chi connectivity index (χ3v) is 3.47. The predicted octanol–water partition coefficient (Wildman–Crippen LogP) is 3.29. The highest BCUT2D eigenvalue weighted by Crippen LogP contribution is 2.34. The summed E-state index contributed by atoms with van der Waals surface area (Å²) in [6.07, 6.45) is -4.39. The zero-order valence-corrected chi connectivity index (χ0v) is 12.5. The molecule has 1 atom stereocenters. The lowest BCUT2D eigenvalue weighted by Gasteiger charge is -2.42. The number of benzene rings is 1. The van der Waals surface area contributed by atoms with E-state index < -0.39 is 11.7 Å². The fourth-order valence-electron chi connectivity index (χ4n) is 2.94. The van der Waals surface area contributed by atoms with Crippen molar-refractivity contribution in [2.75, 3.05) is 18.8 Å². The number of alkyl halides is 3. The minimum Gasteiger partial charge on any atom is -0.399 e. The average molecular weight is 302 g/mol. The van der Waals surface area contributed by atoms with E-state index in [1.165, 1.54) is 12.1 Å². The first-order valence-corrected chi connectivity index (χ1v) is 6.92. The summed E-state index contributed by atoms with van der Waals surface area (Å²) in [5.74, 6) is 0. The Labute approximate surface area is 122 Å². The van der Waals surface area contributed by atoms with E-state index >= 15 is 0 Å². The maximum atomic E-state index is 13.1. The maximum Gasteiger partial charge on any atom is 0.416 e. The summed E-state index contributed by atoms with van der Waals surface area (Å²) in [5, 5.41) is 0. The van der Waals surface area contributed by atoms with Crippen molar-refractivity contribution in [1.29, 1.82) is 0 Å². The Morgan fingerprint density at radius 2 is 2.05 bits per heavy atom. The summed E-state index contributed by atoms with van der Waals surface area (Å²) in [6, 6.07) is 3.98. The van der Waals surface area contributed by atoms with Crippen LogP contribution in [0.1, 0.15) is 31.9 Å². The lowest BCUT2D eigenvalue weighted by atomic mass is 10.0. The maximum absolute atomic E-state index is 13.1. The van der Waals surface area contributed by atoms with E-state index in [0.29, 0.717) is 13.1 Å². The molecule has 2 N–H and O–H groups in total. The first-order valence-electron chi connectivity index (χ1n) is 6.92. The van der Waals surface area contributed by atoms with Crippen molar-refractivity contribution in [3.8, 4) is 0 Å². The standard InChI is InChI=1S/C15H21F3N2O/c1-10-7-20(9-14(2,3)21-10)8-11-4-5-12(19)6-13(11)15(16,17)18/h4-6,10H,7-9,19H2,1-3H3. The molecular formula is C15H21F3N2O. The van der Waals surface area contributed by atoms with Crippen molar-refractivity contribution in [2.45, 2.75) is 45.2 Å². The second kappa shape index (κ2) is 5.50. The molecule has 1 aromatic carbocycles. The van der Waals surface area contributed by atoms with Gasteiger partial charge in [-0.05, 0) is 38.5 Å². The minimum atomic E-state index is -4.39. The number of nitrogen functional groups attached to an aromatic ring is 1. The van der Waals surface area contributed by atoms with E-state index in [1.807, 2.05) is 25.7 Å². The first-order chi connectivity index (χ1) is 9.57. The highest BCUT2D eigenvalue weighted by molar-refractivity contribution is 5.46. The molecule has 0 spiro atoms. The van der Waals surface area contributed by atoms with Crippen LogP contribution < -0.4 is 5.73 Å². The van der Waals surface area contributed by atoms with Crippen LogP contribution in [0.25, 0.3) is 0 Å². The van der Waals surface area contributed by atoms with E-state index in [4.69, 9.17) is 10.5 Å². The third kappa shape index (κ3) is 4.11. The predicted molar refractivity (Wildman–Crippen MR) is 75.8 cm³/mol. The second-order valence-electron chi connectivity index (χ2n) is 6.27. The van der Waals surface area contributed by atoms with Crippen LogP contribution in [-0.2, 0) is 17.5 Å². The zero-order valence-electron chi connectivity index (χ0n) is 12.5. The SMILES string of the molecule is CC1CN(Cc2ccc(N)cc2C(F)(F)F)CC(C)(C)O1. The van der Waals surface area contributed by atoms with Crippen molar-refractivity contribution in [1.82, 2.24) is 4.90 Å². The monoisotopic (exact) mass is 302 g/mol. The molecule has 1 saturated heterocycles. The molecule has 0 amide bonds. The fraction of sp³-hybridized carbons (Fsp3) is 0.600. The van der Waals surface area contributed by atoms with Gasteiger partial charge < -0.3 is 10.5 Å². The van der Waals surface area contributed by atoms with Gasteiger partial charge in [0.15, 0.2) is 0 Å². The van der Waals surface area contributed by atoms with Gasteiger partial charge in [0.25, 0.3) is 0 Å². The molecule has 1 heterocycles. The lowest BCUT2D eigenvalue weighted by Crippen LogP contribution is -2.51. The third-order valence-electron chi connectivity index (χ3n) is 3.47. The van der Waals surface area contributed by atoms with Crippen LogP contribution in [0.15, 0.2) is 18.2 Å². The molecule has 1 aliphatic heterocycles. The van der Waals surface area contributed by atoms with Gasteiger partial charge in [0, 0.05) is 25.3 Å². The van der Waals surface area contributed by atoms with Crippen LogP contribution >= 0.6 is 0 Å². The molecule has 1 unspecified atom stereocenters. The first kappa shape index (κ1) is 16.1. The summed E-state index contributed by atoms with van der Waals surface area (Å²) >= 11 is 0. The van der Waals surface area contributed by atoms with Gasteiger partial charge in [-0.15, -0.1) is 0 Å². The number of hydrogen-bond donors (Lipinski definition) is 1. The molecule has 1 aliphatic rings. The molecule has 1 fully saturated rings. The molecule has 118 valence electrons. The van der Waals surface area contributed by atoms with Gasteiger partial charge in [0.05, 0.1) is 17.3 Å². The van der Waals surface area contributed by atoms with E-state index in [0.717, 1.165) is 6.07 Å². The molecule has 3 nitrogen and oxygen atoms in total. The normalized spacial score (nSPS) is 23.2. The van der Waals surface area contributed by atoms with Crippen LogP contribution in [0, 0.1) is 0 Å². The van der Waals surface area contributed by atoms with Crippen molar-refractivity contribution in [3.05, 3.63) is 29.3 Å². The highest BCUT2D eigenvalue weighted by atomic mass is 19.4. The van der Waals surface area contributed by atoms with Gasteiger partial charge in [-0.3, -0.25) is 4.90 Å². The molecule has 2 rings (SSSR count). The van der Waals surface area contributed by atoms with Gasteiger partial charge in [0.1, 0.15) is 0 Å². The summed E-state index contributed by atoms with van der Waals surface area (Å²) in [7, 11) is 0. The zero-order chi connectivity index (χ0) is 15.8. The van der Waals surface area contributed by atoms with Crippen LogP contribution in [0.5, 0.6) is 0 Å². The number of hydrogen-bond acceptors (Lipinski definition) is 3. The van der Waals surface area contributed by atoms with Gasteiger partial charge in [0.2, 0.25) is 0 Å². The molecule has 0 bridgehead atoms. The molecule has 1 aromatic rings. The molecule has 0 saturated carbocycles.